The molecule has 1 heterocycles. The predicted octanol–water partition coefficient (Wildman–Crippen LogP) is 3.22. The van der Waals surface area contributed by atoms with Gasteiger partial charge >= 0.3 is 0 Å². The topological polar surface area (TPSA) is 72.2 Å². The number of sulfonamides is 1. The average Bonchev–Trinajstić information content (AvgIpc) is 2.74. The van der Waals surface area contributed by atoms with Crippen molar-refractivity contribution < 1.29 is 17.3 Å². The van der Waals surface area contributed by atoms with Gasteiger partial charge in [0.25, 0.3) is 10.0 Å². The maximum absolute atomic E-state index is 14.1. The molecule has 1 N–H and O–H groups in total. The van der Waals surface area contributed by atoms with Gasteiger partial charge in [0.15, 0.2) is 5.76 Å². The molecule has 5 nitrogen and oxygen atoms in total. The van der Waals surface area contributed by atoms with E-state index in [9.17, 15) is 12.8 Å². The van der Waals surface area contributed by atoms with Crippen molar-refractivity contribution in [2.45, 2.75) is 38.0 Å². The van der Waals surface area contributed by atoms with Gasteiger partial charge < -0.3 is 4.52 Å². The van der Waals surface area contributed by atoms with E-state index in [2.05, 4.69) is 9.88 Å². The van der Waals surface area contributed by atoms with Gasteiger partial charge in [0.05, 0.1) is 11.9 Å². The van der Waals surface area contributed by atoms with Crippen molar-refractivity contribution in [3.8, 4) is 0 Å². The molecular formula is C14H17FN2O3S. The van der Waals surface area contributed by atoms with E-state index >= 15 is 0 Å². The number of halogens is 1. The SMILES string of the molecule is Cc1oncc1S(=O)(=O)Nc1ccc(C(C)(C)C)c(F)c1. The summed E-state index contributed by atoms with van der Waals surface area (Å²) in [6, 6.07) is 4.28. The van der Waals surface area contributed by atoms with Gasteiger partial charge in [-0.25, -0.2) is 12.8 Å². The molecule has 2 aromatic rings. The van der Waals surface area contributed by atoms with Crippen molar-refractivity contribution in [2.75, 3.05) is 4.72 Å². The van der Waals surface area contributed by atoms with Crippen molar-refractivity contribution in [1.29, 1.82) is 0 Å². The lowest BCUT2D eigenvalue weighted by atomic mass is 9.86. The Kier molecular flexibility index (Phi) is 3.79. The van der Waals surface area contributed by atoms with Crippen molar-refractivity contribution in [2.24, 2.45) is 0 Å². The monoisotopic (exact) mass is 312 g/mol. The van der Waals surface area contributed by atoms with Crippen molar-refractivity contribution >= 4 is 15.7 Å². The average molecular weight is 312 g/mol. The van der Waals surface area contributed by atoms with Gasteiger partial charge in [-0.2, -0.15) is 0 Å². The Balaban J connectivity index is 2.33. The highest BCUT2D eigenvalue weighted by Gasteiger charge is 2.22. The highest BCUT2D eigenvalue weighted by atomic mass is 32.2. The Morgan fingerprint density at radius 1 is 1.29 bits per heavy atom. The lowest BCUT2D eigenvalue weighted by Gasteiger charge is -2.20. The van der Waals surface area contributed by atoms with Crippen LogP contribution in [0.4, 0.5) is 10.1 Å². The summed E-state index contributed by atoms with van der Waals surface area (Å²) in [6.45, 7) is 7.14. The van der Waals surface area contributed by atoms with Crippen LogP contribution in [0.15, 0.2) is 33.8 Å². The summed E-state index contributed by atoms with van der Waals surface area (Å²) in [7, 11) is -3.84. The van der Waals surface area contributed by atoms with Crippen LogP contribution in [0.3, 0.4) is 0 Å². The molecule has 0 saturated heterocycles. The summed E-state index contributed by atoms with van der Waals surface area (Å²) in [6.07, 6.45) is 1.11. The minimum absolute atomic E-state index is 0.0668. The Labute approximate surface area is 123 Å². The van der Waals surface area contributed by atoms with Gasteiger partial charge in [0, 0.05) is 0 Å². The molecule has 0 bridgehead atoms. The lowest BCUT2D eigenvalue weighted by molar-refractivity contribution is 0.394. The van der Waals surface area contributed by atoms with Crippen molar-refractivity contribution in [3.05, 3.63) is 41.5 Å². The standard InChI is InChI=1S/C14H17FN2O3S/c1-9-13(8-16-20-9)21(18,19)17-10-5-6-11(12(15)7-10)14(2,3)4/h5-8,17H,1-4H3. The third-order valence-corrected chi connectivity index (χ3v) is 4.50. The normalized spacial score (nSPS) is 12.4. The second-order valence-corrected chi connectivity index (χ2v) is 7.45. The van der Waals surface area contributed by atoms with E-state index in [1.54, 1.807) is 6.07 Å². The Bertz CT molecular complexity index is 761. The summed E-state index contributed by atoms with van der Waals surface area (Å²) in [5, 5.41) is 3.43. The van der Waals surface area contributed by atoms with E-state index in [0.29, 0.717) is 5.56 Å². The number of nitrogens with zero attached hydrogens (tertiary/aromatic N) is 1. The molecule has 0 spiro atoms. The molecule has 0 radical (unpaired) electrons. The van der Waals surface area contributed by atoms with Gasteiger partial charge in [0.2, 0.25) is 0 Å². The number of hydrogen-bond acceptors (Lipinski definition) is 4. The van der Waals surface area contributed by atoms with Crippen LogP contribution < -0.4 is 4.72 Å². The molecule has 114 valence electrons. The first-order chi connectivity index (χ1) is 9.61. The third-order valence-electron chi connectivity index (χ3n) is 3.03. The molecule has 0 saturated carbocycles. The Morgan fingerprint density at radius 3 is 2.43 bits per heavy atom. The van der Waals surface area contributed by atoms with Gasteiger partial charge in [-0.05, 0) is 30.0 Å². The van der Waals surface area contributed by atoms with E-state index in [0.717, 1.165) is 6.20 Å². The lowest BCUT2D eigenvalue weighted by Crippen LogP contribution is -2.16. The number of rotatable bonds is 3. The van der Waals surface area contributed by atoms with E-state index in [-0.39, 0.29) is 21.8 Å². The van der Waals surface area contributed by atoms with Gasteiger partial charge in [-0.15, -0.1) is 0 Å². The molecule has 1 aromatic carbocycles. The summed E-state index contributed by atoms with van der Waals surface area (Å²) in [5.74, 6) is -0.279. The molecule has 0 atom stereocenters. The van der Waals surface area contributed by atoms with Crippen molar-refractivity contribution in [1.82, 2.24) is 5.16 Å². The van der Waals surface area contributed by atoms with Crippen LogP contribution in [-0.4, -0.2) is 13.6 Å². The maximum Gasteiger partial charge on any atom is 0.267 e. The first-order valence-corrected chi connectivity index (χ1v) is 7.84. The molecule has 7 heteroatoms. The number of nitrogens with one attached hydrogen (secondary N) is 1. The minimum atomic E-state index is -3.84. The molecule has 21 heavy (non-hydrogen) atoms. The Hall–Kier alpha value is -1.89. The van der Waals surface area contributed by atoms with Crippen LogP contribution in [0.1, 0.15) is 32.1 Å². The Morgan fingerprint density at radius 2 is 1.95 bits per heavy atom. The van der Waals surface area contributed by atoms with Crippen LogP contribution in [0, 0.1) is 12.7 Å². The minimum Gasteiger partial charge on any atom is -0.360 e. The van der Waals surface area contributed by atoms with E-state index in [1.807, 2.05) is 20.8 Å². The molecule has 0 amide bonds. The number of anilines is 1. The number of benzene rings is 1. The fraction of sp³-hybridized carbons (Fsp3) is 0.357. The van der Waals surface area contributed by atoms with Crippen LogP contribution >= 0.6 is 0 Å². The van der Waals surface area contributed by atoms with Gasteiger partial charge in [0.1, 0.15) is 10.7 Å². The molecule has 0 unspecified atom stereocenters. The molecule has 0 aliphatic carbocycles. The fourth-order valence-corrected chi connectivity index (χ4v) is 3.09. The summed E-state index contributed by atoms with van der Waals surface area (Å²) < 4.78 is 45.4. The van der Waals surface area contributed by atoms with Gasteiger partial charge in [-0.3, -0.25) is 4.72 Å². The summed E-state index contributed by atoms with van der Waals surface area (Å²) in [4.78, 5) is -0.0668. The zero-order chi connectivity index (χ0) is 15.8. The third kappa shape index (κ3) is 3.24. The van der Waals surface area contributed by atoms with E-state index in [1.165, 1.54) is 19.1 Å². The highest BCUT2D eigenvalue weighted by Crippen LogP contribution is 2.28. The highest BCUT2D eigenvalue weighted by molar-refractivity contribution is 7.92. The fourth-order valence-electron chi connectivity index (χ4n) is 1.94. The number of aromatic nitrogens is 1. The summed E-state index contributed by atoms with van der Waals surface area (Å²) in [5.41, 5.74) is 0.319. The van der Waals surface area contributed by atoms with E-state index in [4.69, 9.17) is 4.52 Å². The van der Waals surface area contributed by atoms with Crippen molar-refractivity contribution in [3.63, 3.8) is 0 Å². The largest absolute Gasteiger partial charge is 0.360 e. The maximum atomic E-state index is 14.1. The molecular weight excluding hydrogens is 295 g/mol. The zero-order valence-electron chi connectivity index (χ0n) is 12.3. The summed E-state index contributed by atoms with van der Waals surface area (Å²) >= 11 is 0. The molecule has 0 aliphatic heterocycles. The van der Waals surface area contributed by atoms with Crippen LogP contribution in [-0.2, 0) is 15.4 Å². The molecule has 1 aromatic heterocycles. The van der Waals surface area contributed by atoms with Crippen LogP contribution in [0.25, 0.3) is 0 Å². The molecule has 2 rings (SSSR count). The molecule has 0 aliphatic rings. The van der Waals surface area contributed by atoms with Crippen LogP contribution in [0.2, 0.25) is 0 Å². The second kappa shape index (κ2) is 5.14. The second-order valence-electron chi connectivity index (χ2n) is 5.80. The van der Waals surface area contributed by atoms with Crippen LogP contribution in [0.5, 0.6) is 0 Å². The smallest absolute Gasteiger partial charge is 0.267 e. The predicted molar refractivity (Wildman–Crippen MR) is 77.1 cm³/mol. The number of hydrogen-bond donors (Lipinski definition) is 1. The number of aryl methyl sites for hydroxylation is 1. The molecule has 0 fully saturated rings. The van der Waals surface area contributed by atoms with Gasteiger partial charge in [-0.1, -0.05) is 32.0 Å². The zero-order valence-corrected chi connectivity index (χ0v) is 13.1. The quantitative estimate of drug-likeness (QED) is 0.944. The first-order valence-electron chi connectivity index (χ1n) is 6.35. The van der Waals surface area contributed by atoms with E-state index < -0.39 is 15.8 Å². The first kappa shape index (κ1) is 15.5.